The van der Waals surface area contributed by atoms with Crippen LogP contribution >= 0.6 is 0 Å². The number of carbonyl (C=O) groups excluding carboxylic acids is 2. The van der Waals surface area contributed by atoms with Crippen LogP contribution in [0.4, 0.5) is 0 Å². The van der Waals surface area contributed by atoms with Crippen LogP contribution in [0.5, 0.6) is 0 Å². The third-order valence-corrected chi connectivity index (χ3v) is 6.54. The van der Waals surface area contributed by atoms with Crippen molar-refractivity contribution in [2.45, 2.75) is 24.8 Å². The molecule has 148 valence electrons. The van der Waals surface area contributed by atoms with Gasteiger partial charge in [-0.2, -0.15) is 0 Å². The summed E-state index contributed by atoms with van der Waals surface area (Å²) in [5.74, 6) is -0.767. The molecule has 28 heavy (non-hydrogen) atoms. The molecular formula is C21H24N2O4S. The predicted molar refractivity (Wildman–Crippen MR) is 108 cm³/mol. The maximum atomic E-state index is 12.8. The number of hydrogen-bond donors (Lipinski definition) is 2. The van der Waals surface area contributed by atoms with E-state index in [0.29, 0.717) is 6.42 Å². The molecule has 0 saturated carbocycles. The number of rotatable bonds is 7. The molecule has 2 aromatic rings. The van der Waals surface area contributed by atoms with Crippen molar-refractivity contribution in [3.05, 3.63) is 71.8 Å². The molecule has 0 radical (unpaired) electrons. The van der Waals surface area contributed by atoms with E-state index in [-0.39, 0.29) is 42.3 Å². The number of amides is 2. The molecule has 0 spiro atoms. The topological polar surface area (TPSA) is 92.3 Å². The molecule has 7 heteroatoms. The van der Waals surface area contributed by atoms with Gasteiger partial charge in [0, 0.05) is 19.0 Å². The highest BCUT2D eigenvalue weighted by Crippen LogP contribution is 2.24. The monoisotopic (exact) mass is 400 g/mol. The van der Waals surface area contributed by atoms with E-state index in [1.54, 1.807) is 0 Å². The zero-order valence-corrected chi connectivity index (χ0v) is 16.3. The van der Waals surface area contributed by atoms with Crippen LogP contribution in [0.3, 0.4) is 0 Å². The second-order valence-corrected chi connectivity index (χ2v) is 9.19. The molecule has 2 aromatic carbocycles. The van der Waals surface area contributed by atoms with Crippen molar-refractivity contribution in [3.63, 3.8) is 0 Å². The second kappa shape index (κ2) is 9.01. The van der Waals surface area contributed by atoms with Gasteiger partial charge in [-0.05, 0) is 17.5 Å². The average molecular weight is 401 g/mol. The summed E-state index contributed by atoms with van der Waals surface area (Å²) in [7, 11) is -3.03. The molecule has 6 nitrogen and oxygen atoms in total. The van der Waals surface area contributed by atoms with Gasteiger partial charge < -0.3 is 10.6 Å². The fraction of sp³-hybridized carbons (Fsp3) is 0.333. The van der Waals surface area contributed by atoms with Crippen molar-refractivity contribution in [1.29, 1.82) is 0 Å². The van der Waals surface area contributed by atoms with E-state index >= 15 is 0 Å². The van der Waals surface area contributed by atoms with Crippen LogP contribution in [0.25, 0.3) is 0 Å². The van der Waals surface area contributed by atoms with Crippen LogP contribution in [0.2, 0.25) is 0 Å². The van der Waals surface area contributed by atoms with Crippen molar-refractivity contribution in [2.75, 3.05) is 18.1 Å². The van der Waals surface area contributed by atoms with Gasteiger partial charge in [-0.15, -0.1) is 0 Å². The normalized spacial score (nSPS) is 18.0. The number of benzene rings is 2. The Morgan fingerprint density at radius 1 is 0.964 bits per heavy atom. The van der Waals surface area contributed by atoms with Crippen molar-refractivity contribution >= 4 is 21.7 Å². The highest BCUT2D eigenvalue weighted by atomic mass is 32.2. The Bertz CT molecular complexity index is 874. The SMILES string of the molecule is O=C(CCNC(=O)C(c1ccccc1)c1ccccc1)N[C@H]1CCS(=O)(=O)C1. The highest BCUT2D eigenvalue weighted by Gasteiger charge is 2.29. The Morgan fingerprint density at radius 3 is 2.04 bits per heavy atom. The minimum Gasteiger partial charge on any atom is -0.355 e. The molecule has 0 bridgehead atoms. The average Bonchev–Trinajstić information content (AvgIpc) is 3.02. The molecule has 1 aliphatic rings. The summed E-state index contributed by atoms with van der Waals surface area (Å²) < 4.78 is 22.9. The van der Waals surface area contributed by atoms with Crippen molar-refractivity contribution < 1.29 is 18.0 Å². The van der Waals surface area contributed by atoms with E-state index in [9.17, 15) is 18.0 Å². The third-order valence-electron chi connectivity index (χ3n) is 4.78. The quantitative estimate of drug-likeness (QED) is 0.739. The van der Waals surface area contributed by atoms with Gasteiger partial charge in [0.2, 0.25) is 11.8 Å². The minimum atomic E-state index is -3.03. The molecule has 3 rings (SSSR count). The van der Waals surface area contributed by atoms with Gasteiger partial charge in [-0.25, -0.2) is 8.42 Å². The van der Waals surface area contributed by atoms with Crippen molar-refractivity contribution in [2.24, 2.45) is 0 Å². The van der Waals surface area contributed by atoms with E-state index in [1.165, 1.54) is 0 Å². The summed E-state index contributed by atoms with van der Waals surface area (Å²) in [6, 6.07) is 18.7. The molecule has 2 amide bonds. The van der Waals surface area contributed by atoms with Gasteiger partial charge in [0.25, 0.3) is 0 Å². The largest absolute Gasteiger partial charge is 0.355 e. The van der Waals surface area contributed by atoms with E-state index < -0.39 is 15.8 Å². The summed E-state index contributed by atoms with van der Waals surface area (Å²) in [6.07, 6.45) is 0.559. The zero-order chi connectivity index (χ0) is 20.0. The minimum absolute atomic E-state index is 0.00477. The molecule has 0 aromatic heterocycles. The third kappa shape index (κ3) is 5.42. The first-order valence-electron chi connectivity index (χ1n) is 9.32. The van der Waals surface area contributed by atoms with Gasteiger partial charge in [0.05, 0.1) is 17.4 Å². The lowest BCUT2D eigenvalue weighted by molar-refractivity contribution is -0.122. The Hall–Kier alpha value is -2.67. The predicted octanol–water partition coefficient (Wildman–Crippen LogP) is 1.63. The van der Waals surface area contributed by atoms with Gasteiger partial charge in [-0.3, -0.25) is 9.59 Å². The number of carbonyl (C=O) groups is 2. The fourth-order valence-electron chi connectivity index (χ4n) is 3.40. The van der Waals surface area contributed by atoms with E-state index in [1.807, 2.05) is 60.7 Å². The number of hydrogen-bond acceptors (Lipinski definition) is 4. The van der Waals surface area contributed by atoms with Crippen LogP contribution in [-0.2, 0) is 19.4 Å². The smallest absolute Gasteiger partial charge is 0.232 e. The lowest BCUT2D eigenvalue weighted by Crippen LogP contribution is -2.38. The standard InChI is InChI=1S/C21H24N2O4S/c24-19(23-18-12-14-28(26,27)15-18)11-13-22-21(25)20(16-7-3-1-4-8-16)17-9-5-2-6-10-17/h1-10,18,20H,11-15H2,(H,22,25)(H,23,24)/t18-/m0/s1. The summed E-state index contributed by atoms with van der Waals surface area (Å²) in [5, 5.41) is 5.57. The van der Waals surface area contributed by atoms with Gasteiger partial charge >= 0.3 is 0 Å². The van der Waals surface area contributed by atoms with Crippen LogP contribution < -0.4 is 10.6 Å². The highest BCUT2D eigenvalue weighted by molar-refractivity contribution is 7.91. The van der Waals surface area contributed by atoms with E-state index in [4.69, 9.17) is 0 Å². The first kappa shape index (κ1) is 20.1. The summed E-state index contributed by atoms with van der Waals surface area (Å²) in [4.78, 5) is 24.9. The molecular weight excluding hydrogens is 376 g/mol. The van der Waals surface area contributed by atoms with Crippen LogP contribution in [0.15, 0.2) is 60.7 Å². The Morgan fingerprint density at radius 2 is 1.54 bits per heavy atom. The molecule has 1 atom stereocenters. The summed E-state index contributed by atoms with van der Waals surface area (Å²) >= 11 is 0. The van der Waals surface area contributed by atoms with E-state index in [2.05, 4.69) is 10.6 Å². The van der Waals surface area contributed by atoms with Crippen LogP contribution in [-0.4, -0.2) is 44.3 Å². The first-order chi connectivity index (χ1) is 13.4. The maximum Gasteiger partial charge on any atom is 0.232 e. The van der Waals surface area contributed by atoms with Crippen molar-refractivity contribution in [1.82, 2.24) is 10.6 Å². The molecule has 1 fully saturated rings. The van der Waals surface area contributed by atoms with Gasteiger partial charge in [-0.1, -0.05) is 60.7 Å². The van der Waals surface area contributed by atoms with Crippen LogP contribution in [0, 0.1) is 0 Å². The molecule has 2 N–H and O–H groups in total. The lowest BCUT2D eigenvalue weighted by atomic mass is 9.90. The Balaban J connectivity index is 1.56. The van der Waals surface area contributed by atoms with Crippen LogP contribution in [0.1, 0.15) is 29.9 Å². The molecule has 0 unspecified atom stereocenters. The summed E-state index contributed by atoms with van der Waals surface area (Å²) in [6.45, 7) is 0.195. The summed E-state index contributed by atoms with van der Waals surface area (Å²) in [5.41, 5.74) is 1.76. The lowest BCUT2D eigenvalue weighted by Gasteiger charge is -2.18. The Kier molecular flexibility index (Phi) is 6.46. The van der Waals surface area contributed by atoms with E-state index in [0.717, 1.165) is 11.1 Å². The molecule has 1 heterocycles. The Labute approximate surface area is 165 Å². The molecule has 1 aliphatic heterocycles. The van der Waals surface area contributed by atoms with Gasteiger partial charge in [0.15, 0.2) is 9.84 Å². The number of sulfone groups is 1. The zero-order valence-electron chi connectivity index (χ0n) is 15.5. The van der Waals surface area contributed by atoms with Gasteiger partial charge in [0.1, 0.15) is 0 Å². The fourth-order valence-corrected chi connectivity index (χ4v) is 5.07. The molecule has 0 aliphatic carbocycles. The first-order valence-corrected chi connectivity index (χ1v) is 11.1. The number of nitrogens with one attached hydrogen (secondary N) is 2. The molecule has 1 saturated heterocycles. The maximum absolute atomic E-state index is 12.8. The second-order valence-electron chi connectivity index (χ2n) is 6.96. The van der Waals surface area contributed by atoms with Crippen molar-refractivity contribution in [3.8, 4) is 0 Å².